The van der Waals surface area contributed by atoms with E-state index >= 15 is 0 Å². The zero-order valence-electron chi connectivity index (χ0n) is 15.8. The molecule has 0 saturated carbocycles. The Morgan fingerprint density at radius 2 is 1.79 bits per heavy atom. The normalized spacial score (nSPS) is 15.8. The van der Waals surface area contributed by atoms with Crippen molar-refractivity contribution in [1.82, 2.24) is 19.5 Å². The Balaban J connectivity index is 0.000000252. The second-order valence-electron chi connectivity index (χ2n) is 6.88. The number of hydrogen-bond donors (Lipinski definition) is 1. The van der Waals surface area contributed by atoms with E-state index in [1.165, 1.54) is 6.07 Å². The van der Waals surface area contributed by atoms with Gasteiger partial charge in [0.25, 0.3) is 0 Å². The van der Waals surface area contributed by atoms with Crippen molar-refractivity contribution in [2.75, 3.05) is 20.1 Å². The van der Waals surface area contributed by atoms with E-state index in [0.29, 0.717) is 16.4 Å². The maximum atomic E-state index is 13.1. The first-order valence-corrected chi connectivity index (χ1v) is 9.13. The number of benzene rings is 1. The highest BCUT2D eigenvalue weighted by atomic mass is 19.4. The number of nitrogens with zero attached hydrogens (tertiary/aromatic N) is 4. The molecule has 3 heterocycles. The summed E-state index contributed by atoms with van der Waals surface area (Å²) in [6.45, 7) is 2.11. The van der Waals surface area contributed by atoms with Crippen LogP contribution >= 0.6 is 0 Å². The molecule has 29 heavy (non-hydrogen) atoms. The van der Waals surface area contributed by atoms with E-state index in [9.17, 15) is 18.0 Å². The Kier molecular flexibility index (Phi) is 6.29. The van der Waals surface area contributed by atoms with Crippen molar-refractivity contribution in [2.45, 2.75) is 25.1 Å². The second-order valence-corrected chi connectivity index (χ2v) is 6.88. The van der Waals surface area contributed by atoms with Gasteiger partial charge in [-0.1, -0.05) is 30.3 Å². The van der Waals surface area contributed by atoms with E-state index in [0.717, 1.165) is 32.0 Å². The standard InChI is InChI=1S/C14H8F3N3O.C6H13NO/c15-14(16,17)12-7-11(9-4-2-1-3-5-9)18-13-6-10(8-21)19-20(12)13;1-7-4-2-6(8)3-5-7/h1-8H;6,8H,2-5H2,1H3. The summed E-state index contributed by atoms with van der Waals surface area (Å²) in [6.07, 6.45) is -2.33. The molecular formula is C20H21F3N4O2. The molecule has 1 fully saturated rings. The number of halogens is 3. The molecule has 1 aliphatic rings. The van der Waals surface area contributed by atoms with Gasteiger partial charge in [-0.3, -0.25) is 4.79 Å². The summed E-state index contributed by atoms with van der Waals surface area (Å²) < 4.78 is 40.1. The van der Waals surface area contributed by atoms with Crippen LogP contribution in [0.25, 0.3) is 16.9 Å². The first kappa shape index (κ1) is 20.9. The van der Waals surface area contributed by atoms with Gasteiger partial charge in [0.05, 0.1) is 11.8 Å². The van der Waals surface area contributed by atoms with Gasteiger partial charge in [0.1, 0.15) is 5.69 Å². The molecule has 154 valence electrons. The molecule has 4 rings (SSSR count). The van der Waals surface area contributed by atoms with Crippen LogP contribution in [0.4, 0.5) is 13.2 Å². The van der Waals surface area contributed by atoms with Crippen molar-refractivity contribution >= 4 is 11.9 Å². The third-order valence-electron chi connectivity index (χ3n) is 4.61. The molecule has 0 bridgehead atoms. The van der Waals surface area contributed by atoms with E-state index in [-0.39, 0.29) is 23.1 Å². The zero-order valence-corrected chi connectivity index (χ0v) is 15.8. The fourth-order valence-corrected chi connectivity index (χ4v) is 3.00. The van der Waals surface area contributed by atoms with Crippen LogP contribution in [0.5, 0.6) is 0 Å². The molecule has 3 aromatic rings. The Labute approximate surface area is 165 Å². The molecule has 6 nitrogen and oxygen atoms in total. The SMILES string of the molecule is CN1CCC(O)CC1.O=Cc1cc2nc(-c3ccccc3)cc(C(F)(F)F)n2n1. The van der Waals surface area contributed by atoms with Crippen LogP contribution in [0, 0.1) is 0 Å². The molecule has 0 atom stereocenters. The molecule has 9 heteroatoms. The minimum Gasteiger partial charge on any atom is -0.393 e. The summed E-state index contributed by atoms with van der Waals surface area (Å²) in [5.74, 6) is 0. The lowest BCUT2D eigenvalue weighted by atomic mass is 10.1. The summed E-state index contributed by atoms with van der Waals surface area (Å²) in [5.41, 5.74) is -0.365. The van der Waals surface area contributed by atoms with Crippen LogP contribution in [0.3, 0.4) is 0 Å². The molecule has 0 unspecified atom stereocenters. The molecule has 0 spiro atoms. The van der Waals surface area contributed by atoms with Gasteiger partial charge in [0.2, 0.25) is 0 Å². The van der Waals surface area contributed by atoms with Crippen molar-refractivity contribution in [3.63, 3.8) is 0 Å². The number of fused-ring (bicyclic) bond motifs is 1. The Morgan fingerprint density at radius 1 is 1.14 bits per heavy atom. The lowest BCUT2D eigenvalue weighted by molar-refractivity contribution is -0.142. The van der Waals surface area contributed by atoms with Crippen molar-refractivity contribution in [1.29, 1.82) is 0 Å². The van der Waals surface area contributed by atoms with E-state index in [4.69, 9.17) is 5.11 Å². The Hall–Kier alpha value is -2.78. The van der Waals surface area contributed by atoms with E-state index in [1.54, 1.807) is 30.3 Å². The van der Waals surface area contributed by atoms with Crippen molar-refractivity contribution in [3.8, 4) is 11.3 Å². The maximum absolute atomic E-state index is 13.1. The van der Waals surface area contributed by atoms with E-state index < -0.39 is 11.9 Å². The highest BCUT2D eigenvalue weighted by Gasteiger charge is 2.35. The largest absolute Gasteiger partial charge is 0.433 e. The summed E-state index contributed by atoms with van der Waals surface area (Å²) in [4.78, 5) is 17.1. The average molecular weight is 406 g/mol. The van der Waals surface area contributed by atoms with E-state index in [2.05, 4.69) is 22.0 Å². The minimum absolute atomic E-state index is 0.0220. The Bertz CT molecular complexity index is 955. The number of aliphatic hydroxyl groups is 1. The number of aliphatic hydroxyl groups excluding tert-OH is 1. The number of carbonyl (C=O) groups is 1. The highest BCUT2D eigenvalue weighted by molar-refractivity contribution is 5.75. The lowest BCUT2D eigenvalue weighted by Gasteiger charge is -2.25. The van der Waals surface area contributed by atoms with Crippen LogP contribution < -0.4 is 0 Å². The predicted octanol–water partition coefficient (Wildman–Crippen LogP) is 3.30. The second kappa shape index (κ2) is 8.71. The number of alkyl halides is 3. The zero-order chi connectivity index (χ0) is 21.0. The topological polar surface area (TPSA) is 70.7 Å². The molecular weight excluding hydrogens is 385 g/mol. The van der Waals surface area contributed by atoms with Gasteiger partial charge in [0.15, 0.2) is 17.6 Å². The van der Waals surface area contributed by atoms with Gasteiger partial charge in [0, 0.05) is 24.7 Å². The van der Waals surface area contributed by atoms with Gasteiger partial charge >= 0.3 is 6.18 Å². The van der Waals surface area contributed by atoms with Crippen molar-refractivity contribution < 1.29 is 23.1 Å². The Morgan fingerprint density at radius 3 is 2.34 bits per heavy atom. The van der Waals surface area contributed by atoms with Crippen LogP contribution in [0.2, 0.25) is 0 Å². The number of likely N-dealkylation sites (tertiary alicyclic amines) is 1. The van der Waals surface area contributed by atoms with Gasteiger partial charge < -0.3 is 10.0 Å². The lowest BCUT2D eigenvalue weighted by Crippen LogP contribution is -2.32. The molecule has 0 amide bonds. The molecule has 0 aliphatic carbocycles. The maximum Gasteiger partial charge on any atom is 0.433 e. The molecule has 1 aliphatic heterocycles. The molecule has 1 aromatic carbocycles. The monoisotopic (exact) mass is 406 g/mol. The summed E-state index contributed by atoms with van der Waals surface area (Å²) in [5, 5.41) is 12.6. The predicted molar refractivity (Wildman–Crippen MR) is 102 cm³/mol. The van der Waals surface area contributed by atoms with Gasteiger partial charge in [-0.05, 0) is 26.0 Å². The minimum atomic E-state index is -4.60. The number of aromatic nitrogens is 3. The van der Waals surface area contributed by atoms with Crippen LogP contribution in [-0.4, -0.2) is 57.1 Å². The summed E-state index contributed by atoms with van der Waals surface area (Å²) in [7, 11) is 2.09. The molecule has 2 aromatic heterocycles. The first-order chi connectivity index (χ1) is 13.8. The summed E-state index contributed by atoms with van der Waals surface area (Å²) in [6, 6.07) is 10.6. The smallest absolute Gasteiger partial charge is 0.393 e. The third-order valence-corrected chi connectivity index (χ3v) is 4.61. The quantitative estimate of drug-likeness (QED) is 0.662. The van der Waals surface area contributed by atoms with Crippen LogP contribution in [0.15, 0.2) is 42.5 Å². The van der Waals surface area contributed by atoms with Crippen molar-refractivity contribution in [3.05, 3.63) is 53.9 Å². The van der Waals surface area contributed by atoms with Gasteiger partial charge in [-0.25, -0.2) is 9.50 Å². The first-order valence-electron chi connectivity index (χ1n) is 9.13. The molecule has 1 N–H and O–H groups in total. The fourth-order valence-electron chi connectivity index (χ4n) is 3.00. The summed E-state index contributed by atoms with van der Waals surface area (Å²) >= 11 is 0. The third kappa shape index (κ3) is 5.18. The highest BCUT2D eigenvalue weighted by Crippen LogP contribution is 2.32. The number of carbonyl (C=O) groups excluding carboxylic acids is 1. The van der Waals surface area contributed by atoms with Gasteiger partial charge in [-0.2, -0.15) is 18.3 Å². The number of hydrogen-bond acceptors (Lipinski definition) is 5. The molecule has 1 saturated heterocycles. The van der Waals surface area contributed by atoms with Crippen molar-refractivity contribution in [2.24, 2.45) is 0 Å². The number of piperidine rings is 1. The van der Waals surface area contributed by atoms with Crippen LogP contribution in [-0.2, 0) is 6.18 Å². The fraction of sp³-hybridized carbons (Fsp3) is 0.350. The van der Waals surface area contributed by atoms with E-state index in [1.807, 2.05) is 0 Å². The number of rotatable bonds is 2. The average Bonchev–Trinajstić information content (AvgIpc) is 3.13. The molecule has 0 radical (unpaired) electrons. The van der Waals surface area contributed by atoms with Gasteiger partial charge in [-0.15, -0.1) is 0 Å². The number of aldehydes is 1. The van der Waals surface area contributed by atoms with Crippen LogP contribution in [0.1, 0.15) is 29.0 Å².